The van der Waals surface area contributed by atoms with Crippen LogP contribution in [0.2, 0.25) is 0 Å². The van der Waals surface area contributed by atoms with Crippen molar-refractivity contribution in [3.63, 3.8) is 0 Å². The molecule has 1 N–H and O–H groups in total. The zero-order valence-corrected chi connectivity index (χ0v) is 16.6. The number of benzene rings is 1. The first-order chi connectivity index (χ1) is 13.2. The summed E-state index contributed by atoms with van der Waals surface area (Å²) in [6, 6.07) is 9.57. The number of hydrogen-bond acceptors (Lipinski definition) is 3. The summed E-state index contributed by atoms with van der Waals surface area (Å²) in [6.07, 6.45) is 2.47. The highest BCUT2D eigenvalue weighted by Gasteiger charge is 2.36. The Balaban J connectivity index is 1.67. The van der Waals surface area contributed by atoms with E-state index in [1.165, 1.54) is 12.1 Å². The van der Waals surface area contributed by atoms with Crippen LogP contribution in [0.4, 0.5) is 4.39 Å². The molecule has 2 unspecified atom stereocenters. The first kappa shape index (κ1) is 20.1. The van der Waals surface area contributed by atoms with Crippen molar-refractivity contribution >= 4 is 11.8 Å². The topological polar surface area (TPSA) is 62.6 Å². The van der Waals surface area contributed by atoms with E-state index < -0.39 is 5.92 Å². The Morgan fingerprint density at radius 1 is 1.29 bits per heavy atom. The Labute approximate surface area is 164 Å². The molecule has 5 nitrogen and oxygen atoms in total. The third-order valence-electron chi connectivity index (χ3n) is 4.92. The van der Waals surface area contributed by atoms with Crippen molar-refractivity contribution in [3.05, 3.63) is 59.8 Å². The van der Waals surface area contributed by atoms with E-state index in [0.717, 1.165) is 5.56 Å². The summed E-state index contributed by atoms with van der Waals surface area (Å²) in [4.78, 5) is 26.8. The molecule has 150 valence electrons. The average molecular weight is 386 g/mol. The first-order valence-electron chi connectivity index (χ1n) is 9.57. The van der Waals surface area contributed by atoms with E-state index in [-0.39, 0.29) is 35.5 Å². The van der Waals surface area contributed by atoms with Gasteiger partial charge in [-0.2, -0.15) is 0 Å². The Morgan fingerprint density at radius 3 is 2.61 bits per heavy atom. The van der Waals surface area contributed by atoms with Crippen molar-refractivity contribution in [2.24, 2.45) is 11.3 Å². The van der Waals surface area contributed by atoms with E-state index in [2.05, 4.69) is 26.1 Å². The molecule has 1 aromatic heterocycles. The minimum Gasteiger partial charge on any atom is -0.467 e. The summed E-state index contributed by atoms with van der Waals surface area (Å²) in [6.45, 7) is 7.04. The lowest BCUT2D eigenvalue weighted by molar-refractivity contribution is -0.129. The van der Waals surface area contributed by atoms with Gasteiger partial charge in [-0.15, -0.1) is 0 Å². The molecule has 1 aliphatic rings. The van der Waals surface area contributed by atoms with E-state index in [9.17, 15) is 14.0 Å². The van der Waals surface area contributed by atoms with Crippen LogP contribution in [0.5, 0.6) is 0 Å². The zero-order chi connectivity index (χ0) is 20.3. The standard InChI is InChI=1S/C22H27FN2O3/c1-22(2,3)12-19(15-6-8-17(23)9-7-15)24-21(27)16-11-20(26)25(13-16)14-18-5-4-10-28-18/h4-10,16,19H,11-14H2,1-3H3,(H,24,27). The van der Waals surface area contributed by atoms with Crippen LogP contribution in [0.15, 0.2) is 47.1 Å². The molecule has 28 heavy (non-hydrogen) atoms. The number of carbonyl (C=O) groups is 2. The van der Waals surface area contributed by atoms with E-state index in [1.807, 2.05) is 6.07 Å². The van der Waals surface area contributed by atoms with Crippen molar-refractivity contribution in [1.82, 2.24) is 10.2 Å². The smallest absolute Gasteiger partial charge is 0.225 e. The highest BCUT2D eigenvalue weighted by molar-refractivity contribution is 5.89. The predicted molar refractivity (Wildman–Crippen MR) is 104 cm³/mol. The van der Waals surface area contributed by atoms with Crippen LogP contribution >= 0.6 is 0 Å². The third-order valence-corrected chi connectivity index (χ3v) is 4.92. The summed E-state index contributed by atoms with van der Waals surface area (Å²) in [5.74, 6) is -0.198. The molecule has 6 heteroatoms. The fourth-order valence-corrected chi connectivity index (χ4v) is 3.54. The SMILES string of the molecule is CC(C)(C)CC(NC(=O)C1CC(=O)N(Cc2ccco2)C1)c1ccc(F)cc1. The summed E-state index contributed by atoms with van der Waals surface area (Å²) < 4.78 is 18.6. The number of hydrogen-bond donors (Lipinski definition) is 1. The van der Waals surface area contributed by atoms with Crippen molar-refractivity contribution in [2.75, 3.05) is 6.54 Å². The van der Waals surface area contributed by atoms with Crippen molar-refractivity contribution in [3.8, 4) is 0 Å². The Bertz CT molecular complexity index is 809. The molecule has 1 aromatic carbocycles. The predicted octanol–water partition coefficient (Wildman–Crippen LogP) is 4.06. The number of nitrogens with zero attached hydrogens (tertiary/aromatic N) is 1. The van der Waals surface area contributed by atoms with E-state index in [4.69, 9.17) is 4.42 Å². The van der Waals surface area contributed by atoms with Gasteiger partial charge in [0.25, 0.3) is 0 Å². The first-order valence-corrected chi connectivity index (χ1v) is 9.57. The van der Waals surface area contributed by atoms with Crippen LogP contribution in [0, 0.1) is 17.2 Å². The number of amides is 2. The maximum atomic E-state index is 13.3. The molecule has 1 fully saturated rings. The second-order valence-corrected chi connectivity index (χ2v) is 8.63. The van der Waals surface area contributed by atoms with Gasteiger partial charge < -0.3 is 14.6 Å². The highest BCUT2D eigenvalue weighted by atomic mass is 19.1. The molecule has 2 heterocycles. The molecule has 2 amide bonds. The van der Waals surface area contributed by atoms with Gasteiger partial charge in [-0.3, -0.25) is 9.59 Å². The van der Waals surface area contributed by atoms with Crippen LogP contribution in [0.3, 0.4) is 0 Å². The van der Waals surface area contributed by atoms with Gasteiger partial charge in [0, 0.05) is 13.0 Å². The van der Waals surface area contributed by atoms with Crippen molar-refractivity contribution < 1.29 is 18.4 Å². The maximum absolute atomic E-state index is 13.3. The van der Waals surface area contributed by atoms with E-state index >= 15 is 0 Å². The average Bonchev–Trinajstić information content (AvgIpc) is 3.24. The Morgan fingerprint density at radius 2 is 2.00 bits per heavy atom. The van der Waals surface area contributed by atoms with E-state index in [1.54, 1.807) is 29.4 Å². The minimum atomic E-state index is -0.398. The molecule has 2 atom stereocenters. The quantitative estimate of drug-likeness (QED) is 0.814. The maximum Gasteiger partial charge on any atom is 0.225 e. The van der Waals surface area contributed by atoms with Gasteiger partial charge in [0.2, 0.25) is 11.8 Å². The fraction of sp³-hybridized carbons (Fsp3) is 0.455. The molecule has 1 saturated heterocycles. The van der Waals surface area contributed by atoms with Crippen molar-refractivity contribution in [1.29, 1.82) is 0 Å². The van der Waals surface area contributed by atoms with Crippen molar-refractivity contribution in [2.45, 2.75) is 46.2 Å². The van der Waals surface area contributed by atoms with Crippen LogP contribution in [0.1, 0.15) is 51.0 Å². The molecule has 0 saturated carbocycles. The number of nitrogens with one attached hydrogen (secondary N) is 1. The lowest BCUT2D eigenvalue weighted by Crippen LogP contribution is -2.37. The van der Waals surface area contributed by atoms with Gasteiger partial charge in [-0.05, 0) is 41.7 Å². The number of likely N-dealkylation sites (tertiary alicyclic amines) is 1. The fourth-order valence-electron chi connectivity index (χ4n) is 3.54. The minimum absolute atomic E-state index is 0.0247. The zero-order valence-electron chi connectivity index (χ0n) is 16.6. The normalized spacial score (nSPS) is 18.4. The number of halogens is 1. The number of furan rings is 1. The molecular weight excluding hydrogens is 359 g/mol. The molecule has 2 aromatic rings. The lowest BCUT2D eigenvalue weighted by Gasteiger charge is -2.28. The van der Waals surface area contributed by atoms with Gasteiger partial charge in [-0.25, -0.2) is 4.39 Å². The molecule has 3 rings (SSSR count). The molecule has 0 aliphatic carbocycles. The van der Waals surface area contributed by atoms with Gasteiger partial charge in [0.15, 0.2) is 0 Å². The van der Waals surface area contributed by atoms with Crippen LogP contribution in [-0.4, -0.2) is 23.3 Å². The largest absolute Gasteiger partial charge is 0.467 e. The molecule has 0 spiro atoms. The second kappa shape index (κ2) is 8.17. The highest BCUT2D eigenvalue weighted by Crippen LogP contribution is 2.30. The second-order valence-electron chi connectivity index (χ2n) is 8.63. The van der Waals surface area contributed by atoms with Gasteiger partial charge in [-0.1, -0.05) is 32.9 Å². The van der Waals surface area contributed by atoms with Gasteiger partial charge >= 0.3 is 0 Å². The molecule has 1 aliphatic heterocycles. The van der Waals surface area contributed by atoms with E-state index in [0.29, 0.717) is 25.3 Å². The summed E-state index contributed by atoms with van der Waals surface area (Å²) >= 11 is 0. The molecule has 0 bridgehead atoms. The summed E-state index contributed by atoms with van der Waals surface area (Å²) in [5, 5.41) is 3.09. The lowest BCUT2D eigenvalue weighted by atomic mass is 9.85. The van der Waals surface area contributed by atoms with Gasteiger partial charge in [0.1, 0.15) is 11.6 Å². The Kier molecular flexibility index (Phi) is 5.87. The summed E-state index contributed by atoms with van der Waals surface area (Å²) in [7, 11) is 0. The molecule has 0 radical (unpaired) electrons. The van der Waals surface area contributed by atoms with Crippen LogP contribution in [-0.2, 0) is 16.1 Å². The molecular formula is C22H27FN2O3. The number of rotatable bonds is 6. The monoisotopic (exact) mass is 386 g/mol. The third kappa shape index (κ3) is 5.21. The summed E-state index contributed by atoms with van der Waals surface area (Å²) in [5.41, 5.74) is 0.838. The van der Waals surface area contributed by atoms with Crippen LogP contribution < -0.4 is 5.32 Å². The number of carbonyl (C=O) groups excluding carboxylic acids is 2. The van der Waals surface area contributed by atoms with Crippen LogP contribution in [0.25, 0.3) is 0 Å². The Hall–Kier alpha value is -2.63. The van der Waals surface area contributed by atoms with Gasteiger partial charge in [0.05, 0.1) is 24.8 Å².